The summed E-state index contributed by atoms with van der Waals surface area (Å²) in [4.78, 5) is 13.7. The molecule has 0 saturated carbocycles. The molecule has 1 aliphatic rings. The van der Waals surface area contributed by atoms with Gasteiger partial charge in [0.25, 0.3) is 0 Å². The van der Waals surface area contributed by atoms with Crippen LogP contribution >= 0.6 is 0 Å². The number of fused-ring (bicyclic) bond motifs is 1. The Bertz CT molecular complexity index is 554. The van der Waals surface area contributed by atoms with Gasteiger partial charge in [-0.1, -0.05) is 12.1 Å². The summed E-state index contributed by atoms with van der Waals surface area (Å²) < 4.78 is 0. The van der Waals surface area contributed by atoms with Crippen LogP contribution in [-0.2, 0) is 0 Å². The number of hydrogen-bond donors (Lipinski definition) is 0. The third kappa shape index (κ3) is 2.40. The molecule has 2 heterocycles. The molecule has 1 aromatic carbocycles. The first kappa shape index (κ1) is 12.4. The van der Waals surface area contributed by atoms with Gasteiger partial charge in [0, 0.05) is 37.6 Å². The lowest BCUT2D eigenvalue weighted by molar-refractivity contribution is 0.209. The molecule has 0 bridgehead atoms. The highest BCUT2D eigenvalue weighted by molar-refractivity contribution is 5.89. The number of para-hydroxylation sites is 1. The summed E-state index contributed by atoms with van der Waals surface area (Å²) in [5.41, 5.74) is 1.03. The Labute approximate surface area is 114 Å². The first-order chi connectivity index (χ1) is 9.25. The largest absolute Gasteiger partial charge is 0.353 e. The fourth-order valence-corrected chi connectivity index (χ4v) is 2.69. The van der Waals surface area contributed by atoms with E-state index in [4.69, 9.17) is 0 Å². The van der Waals surface area contributed by atoms with Crippen molar-refractivity contribution in [1.82, 2.24) is 14.9 Å². The maximum Gasteiger partial charge on any atom is 0.139 e. The van der Waals surface area contributed by atoms with Crippen LogP contribution in [0.15, 0.2) is 30.6 Å². The first-order valence-corrected chi connectivity index (χ1v) is 6.94. The number of anilines is 1. The minimum Gasteiger partial charge on any atom is -0.353 e. The van der Waals surface area contributed by atoms with E-state index in [9.17, 15) is 0 Å². The van der Waals surface area contributed by atoms with Gasteiger partial charge < -0.3 is 4.90 Å². The molecule has 0 radical (unpaired) electrons. The summed E-state index contributed by atoms with van der Waals surface area (Å²) in [5, 5.41) is 1.16. The van der Waals surface area contributed by atoms with Crippen LogP contribution in [-0.4, -0.2) is 47.1 Å². The van der Waals surface area contributed by atoms with Crippen molar-refractivity contribution in [3.8, 4) is 0 Å². The van der Waals surface area contributed by atoms with Gasteiger partial charge in [0.15, 0.2) is 0 Å². The molecule has 0 amide bonds. The Morgan fingerprint density at radius 2 is 1.74 bits per heavy atom. The van der Waals surface area contributed by atoms with Crippen molar-refractivity contribution in [1.29, 1.82) is 0 Å². The molecule has 1 saturated heterocycles. The molecular weight excluding hydrogens is 236 g/mol. The van der Waals surface area contributed by atoms with Gasteiger partial charge >= 0.3 is 0 Å². The Kier molecular flexibility index (Phi) is 3.34. The number of rotatable bonds is 2. The van der Waals surface area contributed by atoms with Crippen molar-refractivity contribution in [3.05, 3.63) is 30.6 Å². The highest BCUT2D eigenvalue weighted by atomic mass is 15.3. The first-order valence-electron chi connectivity index (χ1n) is 6.94. The molecule has 1 fully saturated rings. The van der Waals surface area contributed by atoms with Crippen LogP contribution in [0.4, 0.5) is 5.82 Å². The number of nitrogens with zero attached hydrogens (tertiary/aromatic N) is 4. The maximum absolute atomic E-state index is 4.50. The van der Waals surface area contributed by atoms with Crippen LogP contribution in [0.1, 0.15) is 13.8 Å². The van der Waals surface area contributed by atoms with Crippen molar-refractivity contribution in [2.75, 3.05) is 31.1 Å². The zero-order chi connectivity index (χ0) is 13.2. The predicted molar refractivity (Wildman–Crippen MR) is 78.5 cm³/mol. The van der Waals surface area contributed by atoms with Crippen molar-refractivity contribution >= 4 is 16.7 Å². The zero-order valence-electron chi connectivity index (χ0n) is 11.6. The van der Waals surface area contributed by atoms with E-state index in [1.165, 1.54) is 0 Å². The van der Waals surface area contributed by atoms with Gasteiger partial charge in [0.05, 0.1) is 5.52 Å². The van der Waals surface area contributed by atoms with Gasteiger partial charge in [-0.2, -0.15) is 0 Å². The Morgan fingerprint density at radius 3 is 2.47 bits per heavy atom. The molecule has 0 spiro atoms. The van der Waals surface area contributed by atoms with E-state index >= 15 is 0 Å². The second kappa shape index (κ2) is 5.13. The van der Waals surface area contributed by atoms with E-state index in [2.05, 4.69) is 45.7 Å². The van der Waals surface area contributed by atoms with Gasteiger partial charge in [0.1, 0.15) is 12.1 Å². The average Bonchev–Trinajstić information content (AvgIpc) is 2.47. The Morgan fingerprint density at radius 1 is 1.00 bits per heavy atom. The fraction of sp³-hybridized carbons (Fsp3) is 0.467. The van der Waals surface area contributed by atoms with Gasteiger partial charge in [-0.15, -0.1) is 0 Å². The lowest BCUT2D eigenvalue weighted by atomic mass is 10.2. The quantitative estimate of drug-likeness (QED) is 0.824. The second-order valence-electron chi connectivity index (χ2n) is 5.33. The molecule has 4 nitrogen and oxygen atoms in total. The van der Waals surface area contributed by atoms with Gasteiger partial charge in [0.2, 0.25) is 0 Å². The summed E-state index contributed by atoms with van der Waals surface area (Å²) in [6.45, 7) is 8.82. The molecule has 3 rings (SSSR count). The number of hydrogen-bond acceptors (Lipinski definition) is 4. The molecule has 0 aliphatic carbocycles. The Balaban J connectivity index is 1.86. The summed E-state index contributed by atoms with van der Waals surface area (Å²) in [6, 6.07) is 8.86. The highest BCUT2D eigenvalue weighted by Gasteiger charge is 2.20. The smallest absolute Gasteiger partial charge is 0.139 e. The molecule has 19 heavy (non-hydrogen) atoms. The molecule has 0 unspecified atom stereocenters. The summed E-state index contributed by atoms with van der Waals surface area (Å²) >= 11 is 0. The van der Waals surface area contributed by atoms with E-state index in [0.29, 0.717) is 6.04 Å². The van der Waals surface area contributed by atoms with Gasteiger partial charge in [-0.25, -0.2) is 9.97 Å². The predicted octanol–water partition coefficient (Wildman–Crippen LogP) is 2.16. The second-order valence-corrected chi connectivity index (χ2v) is 5.33. The minimum atomic E-state index is 0.629. The molecule has 1 aromatic heterocycles. The number of benzene rings is 1. The highest BCUT2D eigenvalue weighted by Crippen LogP contribution is 2.23. The van der Waals surface area contributed by atoms with Crippen LogP contribution in [0, 0.1) is 0 Å². The molecular formula is C15H20N4. The van der Waals surface area contributed by atoms with Gasteiger partial charge in [-0.05, 0) is 26.0 Å². The molecule has 2 aromatic rings. The van der Waals surface area contributed by atoms with E-state index < -0.39 is 0 Å². The lowest BCUT2D eigenvalue weighted by Gasteiger charge is -2.37. The third-order valence-corrected chi connectivity index (χ3v) is 3.87. The van der Waals surface area contributed by atoms with Crippen molar-refractivity contribution in [3.63, 3.8) is 0 Å². The SMILES string of the molecule is CC(C)N1CCN(c2ncnc3ccccc23)CC1. The molecule has 100 valence electrons. The number of aromatic nitrogens is 2. The van der Waals surface area contributed by atoms with Crippen molar-refractivity contribution < 1.29 is 0 Å². The van der Waals surface area contributed by atoms with Crippen LogP contribution in [0.5, 0.6) is 0 Å². The Hall–Kier alpha value is -1.68. The molecule has 4 heteroatoms. The monoisotopic (exact) mass is 256 g/mol. The van der Waals surface area contributed by atoms with Gasteiger partial charge in [-0.3, -0.25) is 4.90 Å². The fourth-order valence-electron chi connectivity index (χ4n) is 2.69. The van der Waals surface area contributed by atoms with E-state index in [1.54, 1.807) is 6.33 Å². The topological polar surface area (TPSA) is 32.3 Å². The molecule has 1 aliphatic heterocycles. The molecule has 0 atom stereocenters. The standard InChI is InChI=1S/C15H20N4/c1-12(2)18-7-9-19(10-8-18)15-13-5-3-4-6-14(13)16-11-17-15/h3-6,11-12H,7-10H2,1-2H3. The van der Waals surface area contributed by atoms with Crippen molar-refractivity contribution in [2.45, 2.75) is 19.9 Å². The molecule has 0 N–H and O–H groups in total. The average molecular weight is 256 g/mol. The van der Waals surface area contributed by atoms with Crippen molar-refractivity contribution in [2.24, 2.45) is 0 Å². The zero-order valence-corrected chi connectivity index (χ0v) is 11.6. The maximum atomic E-state index is 4.50. The third-order valence-electron chi connectivity index (χ3n) is 3.87. The van der Waals surface area contributed by atoms with E-state index in [1.807, 2.05) is 12.1 Å². The minimum absolute atomic E-state index is 0.629. The number of piperazine rings is 1. The summed E-state index contributed by atoms with van der Waals surface area (Å²) in [7, 11) is 0. The van der Waals surface area contributed by atoms with Crippen LogP contribution < -0.4 is 4.90 Å². The lowest BCUT2D eigenvalue weighted by Crippen LogP contribution is -2.49. The van der Waals surface area contributed by atoms with Crippen LogP contribution in [0.25, 0.3) is 10.9 Å². The summed E-state index contributed by atoms with van der Waals surface area (Å²) in [6.07, 6.45) is 1.67. The van der Waals surface area contributed by atoms with Crippen LogP contribution in [0.3, 0.4) is 0 Å². The van der Waals surface area contributed by atoms with Crippen LogP contribution in [0.2, 0.25) is 0 Å². The normalized spacial score (nSPS) is 17.3. The van der Waals surface area contributed by atoms with E-state index in [0.717, 1.165) is 42.9 Å². The van der Waals surface area contributed by atoms with E-state index in [-0.39, 0.29) is 0 Å². The summed E-state index contributed by atoms with van der Waals surface area (Å²) in [5.74, 6) is 1.08.